The van der Waals surface area contributed by atoms with E-state index in [0.29, 0.717) is 0 Å². The molecule has 5 heteroatoms. The second-order valence-corrected chi connectivity index (χ2v) is 5.07. The van der Waals surface area contributed by atoms with E-state index in [-0.39, 0.29) is 48.6 Å². The molecule has 2 amide bonds. The minimum Gasteiger partial charge on any atom is -0.465 e. The van der Waals surface area contributed by atoms with Gasteiger partial charge >= 0.3 is 5.97 Å². The van der Waals surface area contributed by atoms with Gasteiger partial charge in [-0.25, -0.2) is 0 Å². The Morgan fingerprint density at radius 2 is 1.83 bits per heavy atom. The number of hydrogen-bond acceptors (Lipinski definition) is 4. The van der Waals surface area contributed by atoms with Crippen LogP contribution < -0.4 is 0 Å². The molecule has 1 heterocycles. The summed E-state index contributed by atoms with van der Waals surface area (Å²) < 4.78 is 4.79. The molecule has 0 aromatic heterocycles. The summed E-state index contributed by atoms with van der Waals surface area (Å²) in [5.74, 6) is -1.01. The van der Waals surface area contributed by atoms with Crippen molar-refractivity contribution in [2.75, 3.05) is 13.2 Å². The van der Waals surface area contributed by atoms with Crippen LogP contribution in [0.25, 0.3) is 0 Å². The zero-order chi connectivity index (χ0) is 12.9. The van der Waals surface area contributed by atoms with E-state index in [1.54, 1.807) is 6.92 Å². The Bertz CT molecular complexity index is 426. The topological polar surface area (TPSA) is 63.7 Å². The van der Waals surface area contributed by atoms with Gasteiger partial charge in [0.05, 0.1) is 18.4 Å². The lowest BCUT2D eigenvalue weighted by molar-refractivity contribution is -0.153. The van der Waals surface area contributed by atoms with Crippen molar-refractivity contribution < 1.29 is 19.1 Å². The third-order valence-corrected chi connectivity index (χ3v) is 4.15. The first-order valence-electron chi connectivity index (χ1n) is 6.32. The molecule has 2 bridgehead atoms. The molecule has 1 saturated carbocycles. The number of carbonyl (C=O) groups is 3. The predicted octanol–water partition coefficient (Wildman–Crippen LogP) is 0.357. The maximum absolute atomic E-state index is 12.2. The monoisotopic (exact) mass is 249 g/mol. The minimum atomic E-state index is -0.514. The van der Waals surface area contributed by atoms with Crippen molar-refractivity contribution in [1.29, 1.82) is 0 Å². The minimum absolute atomic E-state index is 0.184. The Hall–Kier alpha value is -1.65. The van der Waals surface area contributed by atoms with Crippen molar-refractivity contribution in [1.82, 2.24) is 4.90 Å². The molecular formula is C13H15NO4. The molecule has 4 atom stereocenters. The molecule has 3 rings (SSSR count). The van der Waals surface area contributed by atoms with Gasteiger partial charge in [0.1, 0.15) is 6.54 Å². The molecule has 3 aliphatic rings. The van der Waals surface area contributed by atoms with Crippen molar-refractivity contribution in [2.45, 2.75) is 13.3 Å². The summed E-state index contributed by atoms with van der Waals surface area (Å²) >= 11 is 0. The maximum atomic E-state index is 12.2. The Labute approximate surface area is 105 Å². The van der Waals surface area contributed by atoms with E-state index < -0.39 is 5.97 Å². The maximum Gasteiger partial charge on any atom is 0.326 e. The normalized spacial score (nSPS) is 36.4. The van der Waals surface area contributed by atoms with Gasteiger partial charge in [0.2, 0.25) is 11.8 Å². The van der Waals surface area contributed by atoms with Gasteiger partial charge in [-0.2, -0.15) is 0 Å². The summed E-state index contributed by atoms with van der Waals surface area (Å²) in [6.45, 7) is 1.72. The van der Waals surface area contributed by atoms with E-state index in [0.717, 1.165) is 11.3 Å². The molecular weight excluding hydrogens is 234 g/mol. The van der Waals surface area contributed by atoms with Gasteiger partial charge < -0.3 is 4.74 Å². The van der Waals surface area contributed by atoms with Crippen LogP contribution in [-0.2, 0) is 19.1 Å². The van der Waals surface area contributed by atoms with E-state index in [4.69, 9.17) is 4.74 Å². The summed E-state index contributed by atoms with van der Waals surface area (Å²) in [5.41, 5.74) is 0. The number of rotatable bonds is 3. The number of nitrogens with zero attached hydrogens (tertiary/aromatic N) is 1. The van der Waals surface area contributed by atoms with Crippen molar-refractivity contribution in [3.8, 4) is 0 Å². The molecule has 96 valence electrons. The highest BCUT2D eigenvalue weighted by Crippen LogP contribution is 2.52. The highest BCUT2D eigenvalue weighted by Gasteiger charge is 2.59. The number of hydrogen-bond donors (Lipinski definition) is 0. The third kappa shape index (κ3) is 1.43. The van der Waals surface area contributed by atoms with Gasteiger partial charge in [0, 0.05) is 0 Å². The zero-order valence-electron chi connectivity index (χ0n) is 10.2. The Kier molecular flexibility index (Phi) is 2.50. The zero-order valence-corrected chi connectivity index (χ0v) is 10.2. The molecule has 0 radical (unpaired) electrons. The number of allylic oxidation sites excluding steroid dienone is 2. The molecule has 2 aliphatic carbocycles. The van der Waals surface area contributed by atoms with E-state index in [2.05, 4.69) is 0 Å². The van der Waals surface area contributed by atoms with Crippen LogP contribution >= 0.6 is 0 Å². The van der Waals surface area contributed by atoms with Crippen LogP contribution in [0.1, 0.15) is 13.3 Å². The van der Waals surface area contributed by atoms with Crippen molar-refractivity contribution in [3.63, 3.8) is 0 Å². The summed E-state index contributed by atoms with van der Waals surface area (Å²) in [6, 6.07) is 0. The smallest absolute Gasteiger partial charge is 0.326 e. The number of likely N-dealkylation sites (tertiary alicyclic amines) is 1. The first-order chi connectivity index (χ1) is 8.63. The van der Waals surface area contributed by atoms with Crippen LogP contribution in [-0.4, -0.2) is 35.8 Å². The van der Waals surface area contributed by atoms with Crippen LogP contribution in [0, 0.1) is 23.7 Å². The fourth-order valence-electron chi connectivity index (χ4n) is 3.46. The number of carbonyl (C=O) groups excluding carboxylic acids is 3. The molecule has 5 nitrogen and oxygen atoms in total. The predicted molar refractivity (Wildman–Crippen MR) is 61.1 cm³/mol. The second-order valence-electron chi connectivity index (χ2n) is 5.07. The summed E-state index contributed by atoms with van der Waals surface area (Å²) in [5, 5.41) is 0. The van der Waals surface area contributed by atoms with Crippen LogP contribution in [0.2, 0.25) is 0 Å². The molecule has 0 N–H and O–H groups in total. The van der Waals surface area contributed by atoms with E-state index in [9.17, 15) is 14.4 Å². The Morgan fingerprint density at radius 1 is 1.28 bits per heavy atom. The SMILES string of the molecule is CCOC(=O)CN1C(=O)[C@@H]2[C@@H](C1=O)[C@H]1C=C[C@@H]2C1. The van der Waals surface area contributed by atoms with Crippen molar-refractivity contribution >= 4 is 17.8 Å². The van der Waals surface area contributed by atoms with Crippen molar-refractivity contribution in [3.05, 3.63) is 12.2 Å². The lowest BCUT2D eigenvalue weighted by Gasteiger charge is -2.15. The second kappa shape index (κ2) is 3.93. The third-order valence-electron chi connectivity index (χ3n) is 4.15. The van der Waals surface area contributed by atoms with E-state index in [1.165, 1.54) is 0 Å². The molecule has 0 aromatic carbocycles. The van der Waals surface area contributed by atoms with Crippen LogP contribution in [0.15, 0.2) is 12.2 Å². The summed E-state index contributed by atoms with van der Waals surface area (Å²) in [6.07, 6.45) is 4.97. The lowest BCUT2D eigenvalue weighted by Crippen LogP contribution is -2.37. The fraction of sp³-hybridized carbons (Fsp3) is 0.615. The summed E-state index contributed by atoms with van der Waals surface area (Å²) in [4.78, 5) is 36.9. The summed E-state index contributed by atoms with van der Waals surface area (Å²) in [7, 11) is 0. The molecule has 0 aromatic rings. The quantitative estimate of drug-likeness (QED) is 0.411. The molecule has 0 unspecified atom stereocenters. The van der Waals surface area contributed by atoms with Gasteiger partial charge in [-0.1, -0.05) is 12.2 Å². The van der Waals surface area contributed by atoms with Crippen molar-refractivity contribution in [2.24, 2.45) is 23.7 Å². The standard InChI is InChI=1S/C13H15NO4/c1-2-18-9(15)6-14-12(16)10-7-3-4-8(5-7)11(10)13(14)17/h3-4,7-8,10-11H,2,5-6H2,1H3/t7-,8+,10-,11-/m0/s1. The first kappa shape index (κ1) is 11.4. The number of amides is 2. The Balaban J connectivity index is 1.78. The van der Waals surface area contributed by atoms with E-state index in [1.807, 2.05) is 12.2 Å². The average molecular weight is 249 g/mol. The van der Waals surface area contributed by atoms with Crippen LogP contribution in [0.3, 0.4) is 0 Å². The van der Waals surface area contributed by atoms with Gasteiger partial charge in [-0.05, 0) is 25.2 Å². The highest BCUT2D eigenvalue weighted by molar-refractivity contribution is 6.08. The number of esters is 1. The van der Waals surface area contributed by atoms with Crippen LogP contribution in [0.4, 0.5) is 0 Å². The van der Waals surface area contributed by atoms with Crippen LogP contribution in [0.5, 0.6) is 0 Å². The van der Waals surface area contributed by atoms with E-state index >= 15 is 0 Å². The van der Waals surface area contributed by atoms with Gasteiger partial charge in [-0.15, -0.1) is 0 Å². The lowest BCUT2D eigenvalue weighted by atomic mass is 9.85. The molecule has 1 aliphatic heterocycles. The first-order valence-corrected chi connectivity index (χ1v) is 6.32. The fourth-order valence-corrected chi connectivity index (χ4v) is 3.46. The number of fused-ring (bicyclic) bond motifs is 5. The average Bonchev–Trinajstić information content (AvgIpc) is 2.99. The van der Waals surface area contributed by atoms with Gasteiger partial charge in [0.25, 0.3) is 0 Å². The Morgan fingerprint density at radius 3 is 2.33 bits per heavy atom. The van der Waals surface area contributed by atoms with Gasteiger partial charge in [0.15, 0.2) is 0 Å². The number of imide groups is 1. The molecule has 0 spiro atoms. The largest absolute Gasteiger partial charge is 0.465 e. The highest BCUT2D eigenvalue weighted by atomic mass is 16.5. The number of ether oxygens (including phenoxy) is 1. The van der Waals surface area contributed by atoms with Gasteiger partial charge in [-0.3, -0.25) is 19.3 Å². The molecule has 18 heavy (non-hydrogen) atoms. The molecule has 2 fully saturated rings. The molecule has 1 saturated heterocycles.